The molecule has 0 aromatic carbocycles. The zero-order valence-corrected chi connectivity index (χ0v) is 9.33. The van der Waals surface area contributed by atoms with Crippen molar-refractivity contribution in [2.24, 2.45) is 0 Å². The second-order valence-corrected chi connectivity index (χ2v) is 0. The molecule has 0 bridgehead atoms. The first-order chi connectivity index (χ1) is 7.00. The number of hydrogen-bond donors (Lipinski definition) is 0. The van der Waals surface area contributed by atoms with Crippen LogP contribution in [0.25, 0.3) is 0 Å². The van der Waals surface area contributed by atoms with Crippen LogP contribution in [0.15, 0.2) is 0 Å². The van der Waals surface area contributed by atoms with Crippen LogP contribution < -0.4 is 0 Å². The first-order valence-electron chi connectivity index (χ1n) is 1.57. The van der Waals surface area contributed by atoms with E-state index in [0.29, 0.717) is 0 Å². The number of hydrogen-bond acceptors (Lipinski definition) is 7. The molecule has 0 atom stereocenters. The average molecular weight is 302 g/mol. The van der Waals surface area contributed by atoms with Crippen molar-refractivity contribution in [3.8, 4) is 0 Å². The molecule has 0 aliphatic carbocycles. The summed E-state index contributed by atoms with van der Waals surface area (Å²) in [5.74, 6) is 0. The van der Waals surface area contributed by atoms with Crippen LogP contribution in [0.4, 0.5) is 0 Å². The van der Waals surface area contributed by atoms with Crippen LogP contribution in [-0.2, 0) is 34.1 Å². The van der Waals surface area contributed by atoms with Crippen LogP contribution >= 0.6 is 0 Å². The van der Waals surface area contributed by atoms with E-state index in [2.05, 4.69) is 0 Å². The van der Waals surface area contributed by atoms with Gasteiger partial charge in [-0.05, 0) is 0 Å². The standard InChI is InChI=1S/7CN.Cu.Fe/c7*1-2;;/q7*-1;;. The van der Waals surface area contributed by atoms with Gasteiger partial charge in [0.2, 0.25) is 0 Å². The Bertz CT molecular complexity index is 117. The summed E-state index contributed by atoms with van der Waals surface area (Å²) in [6.07, 6.45) is 0. The quantitative estimate of drug-likeness (QED) is 0.467. The smallest absolute Gasteiger partial charge is 0 e. The zero-order valence-electron chi connectivity index (χ0n) is 7.29. The predicted octanol–water partition coefficient (Wildman–Crippen LogP) is 0.670. The van der Waals surface area contributed by atoms with Gasteiger partial charge >= 0.3 is 0 Å². The first kappa shape index (κ1) is 105. The van der Waals surface area contributed by atoms with Crippen LogP contribution in [0.2, 0.25) is 0 Å². The largest absolute Gasteiger partial charge is 0.512 e. The van der Waals surface area contributed by atoms with Crippen molar-refractivity contribution >= 4 is 0 Å². The molecule has 7 nitrogen and oxygen atoms in total. The molecule has 0 rings (SSSR count). The van der Waals surface area contributed by atoms with E-state index in [1.54, 1.807) is 0 Å². The normalized spacial score (nSPS) is 0.875. The fraction of sp³-hybridized carbons (Fsp3) is 0. The molecule has 1 radical (unpaired) electrons. The molecule has 0 spiro atoms. The van der Waals surface area contributed by atoms with E-state index >= 15 is 0 Å². The molecule has 0 aromatic rings. The van der Waals surface area contributed by atoms with Gasteiger partial charge < -0.3 is 82.8 Å². The van der Waals surface area contributed by atoms with E-state index < -0.39 is 0 Å². The molecule has 89 valence electrons. The minimum absolute atomic E-state index is 0. The molecule has 0 unspecified atom stereocenters. The SMILES string of the molecule is [C-]#N.[C-]#N.[C-]#N.[C-]#N.[C-]#N.[C-]#N.[C-]#N.[Cu].[Fe]. The van der Waals surface area contributed by atoms with Gasteiger partial charge in [0.05, 0.1) is 0 Å². The van der Waals surface area contributed by atoms with Gasteiger partial charge in [-0.3, -0.25) is 0 Å². The van der Waals surface area contributed by atoms with E-state index in [-0.39, 0.29) is 34.1 Å². The molecule has 0 amide bonds. The summed E-state index contributed by atoms with van der Waals surface area (Å²) < 4.78 is 0. The van der Waals surface area contributed by atoms with E-state index in [0.717, 1.165) is 0 Å². The topological polar surface area (TPSA) is 167 Å². The predicted molar refractivity (Wildman–Crippen MR) is 34.8 cm³/mol. The Labute approximate surface area is 117 Å². The van der Waals surface area contributed by atoms with Gasteiger partial charge in [0.25, 0.3) is 0 Å². The Balaban J connectivity index is -0.00000000500. The van der Waals surface area contributed by atoms with E-state index in [9.17, 15) is 0 Å². The van der Waals surface area contributed by atoms with Gasteiger partial charge in [-0.2, -0.15) is 0 Å². The second-order valence-electron chi connectivity index (χ2n) is 0. The van der Waals surface area contributed by atoms with Crippen molar-refractivity contribution < 1.29 is 34.1 Å². The maximum atomic E-state index is 6.25. The third kappa shape index (κ3) is 196. The molecule has 16 heavy (non-hydrogen) atoms. The van der Waals surface area contributed by atoms with Gasteiger partial charge in [-0.25, -0.2) is 0 Å². The summed E-state index contributed by atoms with van der Waals surface area (Å²) >= 11 is 0. The van der Waals surface area contributed by atoms with Crippen molar-refractivity contribution in [3.05, 3.63) is 46.0 Å². The molecule has 0 heterocycles. The van der Waals surface area contributed by atoms with Crippen molar-refractivity contribution in [1.29, 1.82) is 36.8 Å². The van der Waals surface area contributed by atoms with Gasteiger partial charge in [0, 0.05) is 34.1 Å². The van der Waals surface area contributed by atoms with Crippen LogP contribution in [0, 0.1) is 82.8 Å². The van der Waals surface area contributed by atoms with Crippen LogP contribution in [0.3, 0.4) is 0 Å². The van der Waals surface area contributed by atoms with Crippen molar-refractivity contribution in [1.82, 2.24) is 0 Å². The van der Waals surface area contributed by atoms with Crippen LogP contribution in [0.1, 0.15) is 0 Å². The van der Waals surface area contributed by atoms with Gasteiger partial charge in [-0.15, -0.1) is 0 Å². The molecule has 0 aliphatic rings. The second kappa shape index (κ2) is 256. The summed E-state index contributed by atoms with van der Waals surface area (Å²) in [6.45, 7) is 33.2. The summed E-state index contributed by atoms with van der Waals surface area (Å²) in [5.41, 5.74) is 0. The summed E-state index contributed by atoms with van der Waals surface area (Å²) in [4.78, 5) is 0. The van der Waals surface area contributed by atoms with Crippen molar-refractivity contribution in [2.75, 3.05) is 0 Å². The van der Waals surface area contributed by atoms with Crippen LogP contribution in [0.5, 0.6) is 0 Å². The molecule has 0 aliphatic heterocycles. The Morgan fingerprint density at radius 3 is 0.312 bits per heavy atom. The van der Waals surface area contributed by atoms with Crippen molar-refractivity contribution in [2.45, 2.75) is 0 Å². The molecular weight excluding hydrogens is 302 g/mol. The Morgan fingerprint density at radius 2 is 0.312 bits per heavy atom. The van der Waals surface area contributed by atoms with Gasteiger partial charge in [0.15, 0.2) is 0 Å². The Hall–Kier alpha value is -2.53. The first-order valence-corrected chi connectivity index (χ1v) is 1.57. The maximum absolute atomic E-state index is 6.25. The number of rotatable bonds is 0. The molecule has 0 aromatic heterocycles. The fourth-order valence-electron chi connectivity index (χ4n) is 0. The monoisotopic (exact) mass is 301 g/mol. The van der Waals surface area contributed by atoms with Gasteiger partial charge in [0.1, 0.15) is 0 Å². The molecule has 0 N–H and O–H groups in total. The fourth-order valence-corrected chi connectivity index (χ4v) is 0. The third-order valence-electron chi connectivity index (χ3n) is 0. The molecular formula is C7CuFeN7-7. The molecule has 9 heteroatoms. The third-order valence-corrected chi connectivity index (χ3v) is 0. The van der Waals surface area contributed by atoms with Crippen LogP contribution in [-0.4, -0.2) is 0 Å². The Kier molecular flexibility index (Phi) is 1680. The van der Waals surface area contributed by atoms with E-state index in [1.807, 2.05) is 0 Å². The molecule has 0 saturated heterocycles. The maximum Gasteiger partial charge on any atom is 0 e. The minimum atomic E-state index is 0. The van der Waals surface area contributed by atoms with Crippen molar-refractivity contribution in [3.63, 3.8) is 0 Å². The molecule has 0 saturated carbocycles. The average Bonchev–Trinajstić information content (AvgIpc) is 2.45. The molecule has 0 fully saturated rings. The van der Waals surface area contributed by atoms with Gasteiger partial charge in [-0.1, -0.05) is 0 Å². The Morgan fingerprint density at radius 1 is 0.312 bits per heavy atom. The summed E-state index contributed by atoms with van der Waals surface area (Å²) in [7, 11) is 0. The summed E-state index contributed by atoms with van der Waals surface area (Å²) in [6, 6.07) is 0. The van der Waals surface area contributed by atoms with E-state index in [1.165, 1.54) is 0 Å². The zero-order chi connectivity index (χ0) is 14.0. The number of nitrogens with zero attached hydrogens (tertiary/aromatic N) is 7. The minimum Gasteiger partial charge on any atom is -0.512 e. The van der Waals surface area contributed by atoms with E-state index in [4.69, 9.17) is 82.8 Å². The summed E-state index contributed by atoms with van der Waals surface area (Å²) in [5, 5.41) is 43.8.